The summed E-state index contributed by atoms with van der Waals surface area (Å²) in [6, 6.07) is -0.0292. The molecule has 4 nitrogen and oxygen atoms in total. The number of alkyl halides is 3. The van der Waals surface area contributed by atoms with Crippen molar-refractivity contribution >= 4 is 10.1 Å². The van der Waals surface area contributed by atoms with E-state index in [0.29, 0.717) is 13.0 Å². The largest absolute Gasteiger partial charge is 0.534 e. The van der Waals surface area contributed by atoms with Crippen molar-refractivity contribution in [2.45, 2.75) is 24.4 Å². The van der Waals surface area contributed by atoms with Crippen molar-refractivity contribution in [3.63, 3.8) is 0 Å². The quantitative estimate of drug-likeness (QED) is 0.563. The van der Waals surface area contributed by atoms with Crippen molar-refractivity contribution in [2.75, 3.05) is 13.6 Å². The van der Waals surface area contributed by atoms with Crippen LogP contribution >= 0.6 is 0 Å². The summed E-state index contributed by atoms with van der Waals surface area (Å²) >= 11 is 0. The average molecular weight is 271 g/mol. The lowest BCUT2D eigenvalue weighted by atomic mass is 9.85. The monoisotopic (exact) mass is 271 g/mol. The number of likely N-dealkylation sites (N-methyl/N-ethyl adjacent to an activating group) is 1. The van der Waals surface area contributed by atoms with Crippen molar-refractivity contribution in [1.82, 2.24) is 4.90 Å². The summed E-state index contributed by atoms with van der Waals surface area (Å²) < 4.78 is 62.4. The van der Waals surface area contributed by atoms with E-state index in [4.69, 9.17) is 0 Å². The molecule has 0 aromatic carbocycles. The second kappa shape index (κ2) is 3.88. The number of rotatable bonds is 2. The Morgan fingerprint density at radius 1 is 1.41 bits per heavy atom. The second-order valence-corrected chi connectivity index (χ2v) is 5.87. The van der Waals surface area contributed by atoms with Gasteiger partial charge in [0.2, 0.25) is 0 Å². The minimum atomic E-state index is -5.52. The van der Waals surface area contributed by atoms with Crippen LogP contribution in [0.1, 0.15) is 12.8 Å². The highest BCUT2D eigenvalue weighted by atomic mass is 32.2. The number of nitrogens with zero attached hydrogens (tertiary/aromatic N) is 1. The van der Waals surface area contributed by atoms with Crippen LogP contribution in [-0.2, 0) is 14.3 Å². The molecule has 2 atom stereocenters. The number of hydrogen-bond donors (Lipinski definition) is 0. The van der Waals surface area contributed by atoms with E-state index in [2.05, 4.69) is 4.18 Å². The fraction of sp³-hybridized carbons (Fsp3) is 0.778. The smallest absolute Gasteiger partial charge is 0.381 e. The van der Waals surface area contributed by atoms with E-state index in [9.17, 15) is 21.6 Å². The first-order chi connectivity index (χ1) is 7.71. The van der Waals surface area contributed by atoms with Gasteiger partial charge in [0.15, 0.2) is 0 Å². The molecule has 0 saturated carbocycles. The van der Waals surface area contributed by atoms with Crippen LogP contribution < -0.4 is 0 Å². The summed E-state index contributed by atoms with van der Waals surface area (Å²) in [5.41, 5.74) is -5.36. The molecule has 3 aliphatic rings. The molecule has 2 aliphatic heterocycles. The van der Waals surface area contributed by atoms with Crippen LogP contribution in [0, 0.1) is 5.92 Å². The topological polar surface area (TPSA) is 46.6 Å². The van der Waals surface area contributed by atoms with Crippen LogP contribution in [0.5, 0.6) is 0 Å². The molecule has 8 heteroatoms. The highest BCUT2D eigenvalue weighted by Crippen LogP contribution is 2.37. The number of halogens is 3. The van der Waals surface area contributed by atoms with E-state index in [-0.39, 0.29) is 17.7 Å². The van der Waals surface area contributed by atoms with Gasteiger partial charge in [0.1, 0.15) is 5.76 Å². The molecule has 1 saturated heterocycles. The van der Waals surface area contributed by atoms with Gasteiger partial charge in [0.05, 0.1) is 0 Å². The van der Waals surface area contributed by atoms with Gasteiger partial charge < -0.3 is 4.18 Å². The Morgan fingerprint density at radius 2 is 2.06 bits per heavy atom. The van der Waals surface area contributed by atoms with Crippen molar-refractivity contribution in [3.8, 4) is 0 Å². The van der Waals surface area contributed by atoms with E-state index in [1.54, 1.807) is 0 Å². The predicted molar refractivity (Wildman–Crippen MR) is 53.3 cm³/mol. The standard InChI is InChI=1S/C9H12F3NO3S/c1-13-5-6-2-3-7(13)4-8(6)16-17(14,15)9(10,11)12/h4,6-7H,2-3,5H2,1H3. The van der Waals surface area contributed by atoms with Gasteiger partial charge >= 0.3 is 15.6 Å². The molecule has 2 heterocycles. The van der Waals surface area contributed by atoms with Gasteiger partial charge in [-0.3, -0.25) is 4.90 Å². The van der Waals surface area contributed by atoms with Crippen LogP contribution in [-0.4, -0.2) is 38.5 Å². The maximum Gasteiger partial charge on any atom is 0.534 e. The first-order valence-electron chi connectivity index (χ1n) is 5.13. The van der Waals surface area contributed by atoms with Gasteiger partial charge in [-0.15, -0.1) is 0 Å². The average Bonchev–Trinajstić information content (AvgIpc) is 2.17. The molecule has 0 aromatic heterocycles. The van der Waals surface area contributed by atoms with Gasteiger partial charge in [0, 0.05) is 18.5 Å². The number of hydrogen-bond acceptors (Lipinski definition) is 4. The third kappa shape index (κ3) is 2.28. The fourth-order valence-corrected chi connectivity index (χ4v) is 2.74. The van der Waals surface area contributed by atoms with Gasteiger partial charge in [-0.1, -0.05) is 0 Å². The maximum atomic E-state index is 12.2. The predicted octanol–water partition coefficient (Wildman–Crippen LogP) is 1.46. The molecule has 0 amide bonds. The Hall–Kier alpha value is -0.760. The van der Waals surface area contributed by atoms with Gasteiger partial charge in [-0.25, -0.2) is 0 Å². The third-order valence-electron chi connectivity index (χ3n) is 3.13. The molecule has 0 radical (unpaired) electrons. The molecular weight excluding hydrogens is 259 g/mol. The fourth-order valence-electron chi connectivity index (χ4n) is 2.20. The SMILES string of the molecule is CN1CC2CCC1C=C2OS(=O)(=O)C(F)(F)F. The van der Waals surface area contributed by atoms with Crippen molar-refractivity contribution in [2.24, 2.45) is 5.92 Å². The number of piperidine rings is 1. The molecule has 0 spiro atoms. The lowest BCUT2D eigenvalue weighted by Gasteiger charge is -2.41. The summed E-state index contributed by atoms with van der Waals surface area (Å²) in [6.07, 6.45) is 2.95. The molecule has 2 bridgehead atoms. The van der Waals surface area contributed by atoms with Gasteiger partial charge in [0.25, 0.3) is 0 Å². The van der Waals surface area contributed by atoms with E-state index in [1.165, 1.54) is 6.08 Å². The summed E-state index contributed by atoms with van der Waals surface area (Å²) in [7, 11) is -3.67. The van der Waals surface area contributed by atoms with Crippen LogP contribution in [0.4, 0.5) is 13.2 Å². The van der Waals surface area contributed by atoms with Crippen LogP contribution in [0.25, 0.3) is 0 Å². The zero-order valence-electron chi connectivity index (χ0n) is 9.07. The third-order valence-corrected chi connectivity index (χ3v) is 4.11. The minimum Gasteiger partial charge on any atom is -0.381 e. The zero-order chi connectivity index (χ0) is 12.8. The Morgan fingerprint density at radius 3 is 2.47 bits per heavy atom. The summed E-state index contributed by atoms with van der Waals surface area (Å²) in [6.45, 7) is 0.532. The molecule has 17 heavy (non-hydrogen) atoms. The molecule has 0 N–H and O–H groups in total. The van der Waals surface area contributed by atoms with Crippen molar-refractivity contribution < 1.29 is 25.8 Å². The zero-order valence-corrected chi connectivity index (χ0v) is 9.88. The van der Waals surface area contributed by atoms with Crippen molar-refractivity contribution in [1.29, 1.82) is 0 Å². The second-order valence-electron chi connectivity index (χ2n) is 4.33. The molecule has 1 aliphatic carbocycles. The van der Waals surface area contributed by atoms with E-state index >= 15 is 0 Å². The summed E-state index contributed by atoms with van der Waals surface area (Å²) in [5, 5.41) is 0. The first-order valence-corrected chi connectivity index (χ1v) is 6.54. The van der Waals surface area contributed by atoms with Gasteiger partial charge in [-0.2, -0.15) is 21.6 Å². The Bertz CT molecular complexity index is 443. The minimum absolute atomic E-state index is 0.0292. The molecule has 3 rings (SSSR count). The van der Waals surface area contributed by atoms with Gasteiger partial charge in [-0.05, 0) is 26.0 Å². The van der Waals surface area contributed by atoms with E-state index < -0.39 is 15.6 Å². The molecule has 1 fully saturated rings. The van der Waals surface area contributed by atoms with E-state index in [1.807, 2.05) is 11.9 Å². The maximum absolute atomic E-state index is 12.2. The van der Waals surface area contributed by atoms with Crippen LogP contribution in [0.3, 0.4) is 0 Å². The highest BCUT2D eigenvalue weighted by molar-refractivity contribution is 7.87. The lowest BCUT2D eigenvalue weighted by Crippen LogP contribution is -2.45. The van der Waals surface area contributed by atoms with E-state index in [0.717, 1.165) is 6.42 Å². The normalized spacial score (nSPS) is 30.2. The molecule has 2 unspecified atom stereocenters. The first kappa shape index (κ1) is 12.7. The Kier molecular flexibility index (Phi) is 2.89. The molecular formula is C9H12F3NO3S. The van der Waals surface area contributed by atoms with Crippen LogP contribution in [0.2, 0.25) is 0 Å². The highest BCUT2D eigenvalue weighted by Gasteiger charge is 2.50. The number of fused-ring (bicyclic) bond motifs is 2. The Balaban J connectivity index is 2.19. The van der Waals surface area contributed by atoms with Crippen molar-refractivity contribution in [3.05, 3.63) is 11.8 Å². The Labute approximate surface area is 97.2 Å². The molecule has 98 valence electrons. The summed E-state index contributed by atoms with van der Waals surface area (Å²) in [5.74, 6) is -0.321. The molecule has 0 aromatic rings. The lowest BCUT2D eigenvalue weighted by molar-refractivity contribution is -0.0534. The summed E-state index contributed by atoms with van der Waals surface area (Å²) in [4.78, 5) is 1.97. The van der Waals surface area contributed by atoms with Crippen LogP contribution in [0.15, 0.2) is 11.8 Å².